The van der Waals surface area contributed by atoms with Crippen LogP contribution in [-0.2, 0) is 9.53 Å². The second-order valence-corrected chi connectivity index (χ2v) is 1.79. The van der Waals surface area contributed by atoms with E-state index in [9.17, 15) is 13.6 Å². The van der Waals surface area contributed by atoms with Crippen molar-refractivity contribution in [2.24, 2.45) is 0 Å². The summed E-state index contributed by atoms with van der Waals surface area (Å²) >= 11 is 0. The van der Waals surface area contributed by atoms with Gasteiger partial charge in [0, 0.05) is 5.57 Å². The van der Waals surface area contributed by atoms with E-state index >= 15 is 0 Å². The summed E-state index contributed by atoms with van der Waals surface area (Å²) in [5.74, 6) is -0.648. The lowest BCUT2D eigenvalue weighted by Gasteiger charge is -1.96. The molecule has 0 aromatic rings. The molecule has 0 aliphatic heterocycles. The maximum atomic E-state index is 11.6. The molecule has 58 valence electrons. The molecule has 0 saturated heterocycles. The zero-order valence-corrected chi connectivity index (χ0v) is 5.78. The average molecular weight is 150 g/mol. The molecule has 0 aromatic carbocycles. The van der Waals surface area contributed by atoms with Crippen LogP contribution in [-0.4, -0.2) is 13.1 Å². The Morgan fingerprint density at radius 2 is 2.00 bits per heavy atom. The smallest absolute Gasteiger partial charge is 0.309 e. The molecule has 0 spiro atoms. The topological polar surface area (TPSA) is 26.3 Å². The lowest BCUT2D eigenvalue weighted by Crippen LogP contribution is -2.00. The predicted octanol–water partition coefficient (Wildman–Crippen LogP) is 1.72. The zero-order chi connectivity index (χ0) is 8.15. The van der Waals surface area contributed by atoms with Crippen molar-refractivity contribution in [2.75, 3.05) is 7.11 Å². The van der Waals surface area contributed by atoms with Crippen molar-refractivity contribution in [3.05, 3.63) is 11.7 Å². The van der Waals surface area contributed by atoms with Crippen LogP contribution in [0.2, 0.25) is 0 Å². The van der Waals surface area contributed by atoms with Crippen molar-refractivity contribution < 1.29 is 18.3 Å². The fraction of sp³-hybridized carbons (Fsp3) is 0.500. The Hall–Kier alpha value is -0.930. The van der Waals surface area contributed by atoms with Crippen LogP contribution in [0.3, 0.4) is 0 Å². The molecule has 0 fully saturated rings. The van der Waals surface area contributed by atoms with Crippen molar-refractivity contribution in [3.63, 3.8) is 0 Å². The molecule has 0 radical (unpaired) electrons. The third-order valence-electron chi connectivity index (χ3n) is 0.960. The highest BCUT2D eigenvalue weighted by atomic mass is 19.3. The van der Waals surface area contributed by atoms with Gasteiger partial charge in [-0.25, -0.2) is 0 Å². The van der Waals surface area contributed by atoms with Gasteiger partial charge in [0.15, 0.2) is 0 Å². The summed E-state index contributed by atoms with van der Waals surface area (Å²) in [5.41, 5.74) is -0.244. The van der Waals surface area contributed by atoms with Crippen molar-refractivity contribution in [3.8, 4) is 0 Å². The van der Waals surface area contributed by atoms with E-state index in [1.165, 1.54) is 6.92 Å². The van der Waals surface area contributed by atoms with Crippen LogP contribution in [0.5, 0.6) is 0 Å². The quantitative estimate of drug-likeness (QED) is 0.560. The second kappa shape index (κ2) is 3.98. The van der Waals surface area contributed by atoms with Gasteiger partial charge in [0.1, 0.15) is 0 Å². The minimum atomic E-state index is -1.81. The van der Waals surface area contributed by atoms with E-state index in [4.69, 9.17) is 0 Å². The minimum absolute atomic E-state index is 0.244. The van der Waals surface area contributed by atoms with E-state index in [0.29, 0.717) is 0 Å². The highest BCUT2D eigenvalue weighted by molar-refractivity contribution is 5.72. The monoisotopic (exact) mass is 150 g/mol. The lowest BCUT2D eigenvalue weighted by molar-refractivity contribution is -0.139. The van der Waals surface area contributed by atoms with Crippen LogP contribution in [0.15, 0.2) is 11.7 Å². The molecule has 0 aliphatic rings. The molecule has 0 heterocycles. The molecule has 0 unspecified atom stereocenters. The number of methoxy groups -OCH3 is 1. The number of halogens is 2. The summed E-state index contributed by atoms with van der Waals surface area (Å²) in [6, 6.07) is 0. The number of hydrogen-bond acceptors (Lipinski definition) is 2. The van der Waals surface area contributed by atoms with Crippen LogP contribution in [0.4, 0.5) is 8.78 Å². The Labute approximate surface area is 57.5 Å². The van der Waals surface area contributed by atoms with Crippen molar-refractivity contribution >= 4 is 5.97 Å². The molecule has 0 rings (SSSR count). The normalized spacial score (nSPS) is 8.80. The maximum Gasteiger partial charge on any atom is 0.309 e. The van der Waals surface area contributed by atoms with Gasteiger partial charge >= 0.3 is 5.97 Å². The van der Waals surface area contributed by atoms with E-state index in [1.807, 2.05) is 0 Å². The first-order valence-electron chi connectivity index (χ1n) is 2.65. The van der Waals surface area contributed by atoms with Gasteiger partial charge in [0.05, 0.1) is 13.5 Å². The van der Waals surface area contributed by atoms with E-state index in [-0.39, 0.29) is 12.0 Å². The fourth-order valence-corrected chi connectivity index (χ4v) is 0.355. The molecule has 0 amide bonds. The van der Waals surface area contributed by atoms with Gasteiger partial charge in [-0.3, -0.25) is 4.79 Å². The zero-order valence-electron chi connectivity index (χ0n) is 5.78. The minimum Gasteiger partial charge on any atom is -0.469 e. The van der Waals surface area contributed by atoms with E-state index < -0.39 is 12.0 Å². The van der Waals surface area contributed by atoms with Gasteiger partial charge in [-0.1, -0.05) is 0 Å². The molecule has 0 aliphatic carbocycles. The summed E-state index contributed by atoms with van der Waals surface area (Å²) in [6.07, 6.45) is -2.15. The summed E-state index contributed by atoms with van der Waals surface area (Å²) in [4.78, 5) is 10.3. The Morgan fingerprint density at radius 3 is 2.30 bits per heavy atom. The van der Waals surface area contributed by atoms with Crippen LogP contribution in [0.1, 0.15) is 13.3 Å². The molecule has 0 N–H and O–H groups in total. The first-order valence-corrected chi connectivity index (χ1v) is 2.65. The van der Waals surface area contributed by atoms with E-state index in [0.717, 1.165) is 7.11 Å². The van der Waals surface area contributed by atoms with Crippen molar-refractivity contribution in [1.82, 2.24) is 0 Å². The molecule has 0 bridgehead atoms. The Balaban J connectivity index is 3.92. The number of esters is 1. The molecular formula is C6H8F2O2. The van der Waals surface area contributed by atoms with Gasteiger partial charge in [0.25, 0.3) is 6.08 Å². The summed E-state index contributed by atoms with van der Waals surface area (Å²) in [5, 5.41) is 0. The molecular weight excluding hydrogens is 142 g/mol. The summed E-state index contributed by atoms with van der Waals surface area (Å²) in [6.45, 7) is 1.19. The van der Waals surface area contributed by atoms with E-state index in [2.05, 4.69) is 4.74 Å². The van der Waals surface area contributed by atoms with Gasteiger partial charge in [-0.05, 0) is 6.92 Å². The third-order valence-corrected chi connectivity index (χ3v) is 0.960. The number of carbonyl (C=O) groups is 1. The SMILES string of the molecule is COC(=O)CC(C)=C(F)F. The average Bonchev–Trinajstić information content (AvgIpc) is 1.87. The van der Waals surface area contributed by atoms with Crippen LogP contribution in [0, 0.1) is 0 Å². The molecule has 0 aromatic heterocycles. The van der Waals surface area contributed by atoms with Gasteiger partial charge in [-0.15, -0.1) is 0 Å². The molecule has 10 heavy (non-hydrogen) atoms. The van der Waals surface area contributed by atoms with Gasteiger partial charge < -0.3 is 4.74 Å². The maximum absolute atomic E-state index is 11.6. The number of rotatable bonds is 2. The molecule has 2 nitrogen and oxygen atoms in total. The highest BCUT2D eigenvalue weighted by Crippen LogP contribution is 2.10. The molecule has 0 atom stereocenters. The first-order chi connectivity index (χ1) is 4.57. The molecule has 4 heteroatoms. The first kappa shape index (κ1) is 9.07. The third kappa shape index (κ3) is 3.17. The lowest BCUT2D eigenvalue weighted by atomic mass is 10.2. The van der Waals surface area contributed by atoms with Crippen molar-refractivity contribution in [1.29, 1.82) is 0 Å². The second-order valence-electron chi connectivity index (χ2n) is 1.79. The number of ether oxygens (including phenoxy) is 1. The Kier molecular flexibility index (Phi) is 3.61. The Bertz CT molecular complexity index is 159. The summed E-state index contributed by atoms with van der Waals surface area (Å²) < 4.78 is 27.4. The Morgan fingerprint density at radius 1 is 1.50 bits per heavy atom. The predicted molar refractivity (Wildman–Crippen MR) is 31.5 cm³/mol. The van der Waals surface area contributed by atoms with Crippen LogP contribution in [0.25, 0.3) is 0 Å². The number of carbonyl (C=O) groups excluding carboxylic acids is 1. The summed E-state index contributed by atoms with van der Waals surface area (Å²) in [7, 11) is 1.16. The largest absolute Gasteiger partial charge is 0.469 e. The fourth-order valence-electron chi connectivity index (χ4n) is 0.355. The van der Waals surface area contributed by atoms with Gasteiger partial charge in [-0.2, -0.15) is 8.78 Å². The highest BCUT2D eigenvalue weighted by Gasteiger charge is 2.05. The van der Waals surface area contributed by atoms with Crippen molar-refractivity contribution in [2.45, 2.75) is 13.3 Å². The standard InChI is InChI=1S/C6H8F2O2/c1-4(6(7)8)3-5(9)10-2/h3H2,1-2H3. The van der Waals surface area contributed by atoms with E-state index in [1.54, 1.807) is 0 Å². The van der Waals surface area contributed by atoms with Crippen LogP contribution < -0.4 is 0 Å². The molecule has 0 saturated carbocycles. The number of hydrogen-bond donors (Lipinski definition) is 0. The van der Waals surface area contributed by atoms with Gasteiger partial charge in [0.2, 0.25) is 0 Å². The van der Waals surface area contributed by atoms with Crippen LogP contribution >= 0.6 is 0 Å².